The first-order valence-corrected chi connectivity index (χ1v) is 9.70. The van der Waals surface area contributed by atoms with E-state index in [9.17, 15) is 4.79 Å². The molecular weight excluding hydrogens is 340 g/mol. The van der Waals surface area contributed by atoms with Crippen molar-refractivity contribution in [2.24, 2.45) is 0 Å². The van der Waals surface area contributed by atoms with Crippen molar-refractivity contribution < 1.29 is 14.3 Å². The van der Waals surface area contributed by atoms with Gasteiger partial charge in [0.05, 0.1) is 32.8 Å². The van der Waals surface area contributed by atoms with Crippen molar-refractivity contribution in [3.63, 3.8) is 0 Å². The van der Waals surface area contributed by atoms with Crippen molar-refractivity contribution in [2.45, 2.75) is 38.6 Å². The molecule has 2 heterocycles. The molecule has 5 nitrogen and oxygen atoms in total. The Morgan fingerprint density at radius 2 is 2.04 bits per heavy atom. The minimum atomic E-state index is -0.109. The normalized spacial score (nSPS) is 17.6. The van der Waals surface area contributed by atoms with Crippen LogP contribution in [0.4, 0.5) is 0 Å². The molecule has 1 aromatic carbocycles. The van der Waals surface area contributed by atoms with E-state index in [1.807, 2.05) is 41.4 Å². The van der Waals surface area contributed by atoms with Crippen molar-refractivity contribution in [3.8, 4) is 16.9 Å². The molecule has 3 rings (SSSR count). The highest BCUT2D eigenvalue weighted by molar-refractivity contribution is 5.78. The van der Waals surface area contributed by atoms with E-state index in [1.54, 1.807) is 13.3 Å². The molecule has 0 N–H and O–H groups in total. The fourth-order valence-corrected chi connectivity index (χ4v) is 3.54. The lowest BCUT2D eigenvalue weighted by Crippen LogP contribution is -2.36. The van der Waals surface area contributed by atoms with E-state index in [0.29, 0.717) is 19.6 Å². The Morgan fingerprint density at radius 3 is 2.78 bits per heavy atom. The Morgan fingerprint density at radius 1 is 1.22 bits per heavy atom. The number of carbonyl (C=O) groups is 1. The standard InChI is InChI=1S/C22H28N2O3/c1-3-4-5-13-24-21(16-27-14-11-22(24)25)20-15-23-12-10-19(20)17-6-8-18(26-2)9-7-17/h6-10,12,15,21H,3-5,11,13-14,16H2,1-2H3. The molecule has 144 valence electrons. The highest BCUT2D eigenvalue weighted by Crippen LogP contribution is 2.33. The van der Waals surface area contributed by atoms with Gasteiger partial charge in [-0.25, -0.2) is 0 Å². The number of nitrogens with zero attached hydrogens (tertiary/aromatic N) is 2. The third kappa shape index (κ3) is 4.66. The van der Waals surface area contributed by atoms with E-state index < -0.39 is 0 Å². The molecule has 1 aliphatic rings. The van der Waals surface area contributed by atoms with Crippen molar-refractivity contribution in [1.82, 2.24) is 9.88 Å². The highest BCUT2D eigenvalue weighted by atomic mass is 16.5. The van der Waals surface area contributed by atoms with E-state index in [0.717, 1.165) is 48.2 Å². The maximum absolute atomic E-state index is 12.7. The molecule has 0 radical (unpaired) electrons. The largest absolute Gasteiger partial charge is 0.497 e. The SMILES string of the molecule is CCCCCN1C(=O)CCOCC1c1cnccc1-c1ccc(OC)cc1. The van der Waals surface area contributed by atoms with Crippen LogP contribution in [0.1, 0.15) is 44.2 Å². The summed E-state index contributed by atoms with van der Waals surface area (Å²) in [4.78, 5) is 19.1. The van der Waals surface area contributed by atoms with Gasteiger partial charge >= 0.3 is 0 Å². The van der Waals surface area contributed by atoms with Crippen LogP contribution < -0.4 is 4.74 Å². The van der Waals surface area contributed by atoms with Crippen LogP contribution in [0.3, 0.4) is 0 Å². The molecular formula is C22H28N2O3. The highest BCUT2D eigenvalue weighted by Gasteiger charge is 2.29. The molecule has 1 atom stereocenters. The van der Waals surface area contributed by atoms with Crippen molar-refractivity contribution >= 4 is 5.91 Å². The van der Waals surface area contributed by atoms with Gasteiger partial charge in [0.15, 0.2) is 0 Å². The minimum absolute atomic E-state index is 0.109. The Hall–Kier alpha value is -2.40. The Kier molecular flexibility index (Phi) is 6.82. The van der Waals surface area contributed by atoms with Gasteiger partial charge in [-0.1, -0.05) is 31.9 Å². The first-order valence-electron chi connectivity index (χ1n) is 9.70. The van der Waals surface area contributed by atoms with E-state index in [-0.39, 0.29) is 11.9 Å². The van der Waals surface area contributed by atoms with Crippen LogP contribution >= 0.6 is 0 Å². The van der Waals surface area contributed by atoms with E-state index in [2.05, 4.69) is 11.9 Å². The lowest BCUT2D eigenvalue weighted by Gasteiger charge is -2.31. The molecule has 1 fully saturated rings. The number of hydrogen-bond acceptors (Lipinski definition) is 4. The molecule has 1 saturated heterocycles. The molecule has 0 aliphatic carbocycles. The summed E-state index contributed by atoms with van der Waals surface area (Å²) in [6, 6.07) is 9.89. The number of ether oxygens (including phenoxy) is 2. The number of methoxy groups -OCH3 is 1. The average molecular weight is 368 g/mol. The van der Waals surface area contributed by atoms with E-state index in [1.165, 1.54) is 0 Å². The summed E-state index contributed by atoms with van der Waals surface area (Å²) >= 11 is 0. The Labute approximate surface area is 161 Å². The van der Waals surface area contributed by atoms with Crippen molar-refractivity contribution in [2.75, 3.05) is 26.9 Å². The number of hydrogen-bond donors (Lipinski definition) is 0. The number of pyridine rings is 1. The second kappa shape index (κ2) is 9.51. The van der Waals surface area contributed by atoms with Gasteiger partial charge in [-0.3, -0.25) is 9.78 Å². The maximum atomic E-state index is 12.7. The summed E-state index contributed by atoms with van der Waals surface area (Å²) in [5, 5.41) is 0. The Balaban J connectivity index is 1.95. The number of aromatic nitrogens is 1. The molecule has 27 heavy (non-hydrogen) atoms. The number of unbranched alkanes of at least 4 members (excludes halogenated alkanes) is 2. The fourth-order valence-electron chi connectivity index (χ4n) is 3.54. The van der Waals surface area contributed by atoms with Gasteiger partial charge < -0.3 is 14.4 Å². The predicted octanol–water partition coefficient (Wildman–Crippen LogP) is 4.24. The molecule has 1 aromatic heterocycles. The van der Waals surface area contributed by atoms with Crippen LogP contribution in [-0.4, -0.2) is 42.7 Å². The number of benzene rings is 1. The molecule has 0 spiro atoms. The van der Waals surface area contributed by atoms with Gasteiger partial charge in [-0.2, -0.15) is 0 Å². The zero-order valence-corrected chi connectivity index (χ0v) is 16.2. The summed E-state index contributed by atoms with van der Waals surface area (Å²) in [5.41, 5.74) is 3.20. The maximum Gasteiger partial charge on any atom is 0.225 e. The van der Waals surface area contributed by atoms with Crippen LogP contribution in [0.2, 0.25) is 0 Å². The van der Waals surface area contributed by atoms with Crippen molar-refractivity contribution in [3.05, 3.63) is 48.3 Å². The van der Waals surface area contributed by atoms with Crippen LogP contribution in [-0.2, 0) is 9.53 Å². The molecule has 2 aromatic rings. The third-order valence-electron chi connectivity index (χ3n) is 5.05. The second-order valence-corrected chi connectivity index (χ2v) is 6.83. The van der Waals surface area contributed by atoms with Crippen LogP contribution in [0, 0.1) is 0 Å². The summed E-state index contributed by atoms with van der Waals surface area (Å²) < 4.78 is 11.1. The zero-order valence-electron chi connectivity index (χ0n) is 16.2. The van der Waals surface area contributed by atoms with Crippen LogP contribution in [0.15, 0.2) is 42.7 Å². The van der Waals surface area contributed by atoms with Gasteiger partial charge in [-0.15, -0.1) is 0 Å². The number of amides is 1. The summed E-state index contributed by atoms with van der Waals surface area (Å²) in [6.45, 7) is 3.93. The topological polar surface area (TPSA) is 51.7 Å². The van der Waals surface area contributed by atoms with E-state index >= 15 is 0 Å². The predicted molar refractivity (Wildman–Crippen MR) is 106 cm³/mol. The summed E-state index contributed by atoms with van der Waals surface area (Å²) in [6.07, 6.45) is 7.38. The number of carbonyl (C=O) groups excluding carboxylic acids is 1. The van der Waals surface area contributed by atoms with Crippen LogP contribution in [0.25, 0.3) is 11.1 Å². The average Bonchev–Trinajstić information content (AvgIpc) is 2.90. The van der Waals surface area contributed by atoms with Gasteiger partial charge in [0.2, 0.25) is 5.91 Å². The number of rotatable bonds is 7. The van der Waals surface area contributed by atoms with E-state index in [4.69, 9.17) is 9.47 Å². The van der Waals surface area contributed by atoms with Crippen LogP contribution in [0.5, 0.6) is 5.75 Å². The molecule has 0 saturated carbocycles. The third-order valence-corrected chi connectivity index (χ3v) is 5.05. The second-order valence-electron chi connectivity index (χ2n) is 6.83. The van der Waals surface area contributed by atoms with Gasteiger partial charge in [0, 0.05) is 24.5 Å². The minimum Gasteiger partial charge on any atom is -0.497 e. The van der Waals surface area contributed by atoms with Gasteiger partial charge in [0.1, 0.15) is 5.75 Å². The monoisotopic (exact) mass is 368 g/mol. The molecule has 5 heteroatoms. The summed E-state index contributed by atoms with van der Waals surface area (Å²) in [5.74, 6) is 0.988. The zero-order chi connectivity index (χ0) is 19.1. The lowest BCUT2D eigenvalue weighted by atomic mass is 9.96. The first kappa shape index (κ1) is 19.4. The molecule has 1 aliphatic heterocycles. The van der Waals surface area contributed by atoms with Gasteiger partial charge in [0.25, 0.3) is 0 Å². The quantitative estimate of drug-likeness (QED) is 0.686. The molecule has 1 amide bonds. The Bertz CT molecular complexity index is 745. The molecule has 0 bridgehead atoms. The smallest absolute Gasteiger partial charge is 0.225 e. The summed E-state index contributed by atoms with van der Waals surface area (Å²) in [7, 11) is 1.66. The van der Waals surface area contributed by atoms with Crippen molar-refractivity contribution in [1.29, 1.82) is 0 Å². The lowest BCUT2D eigenvalue weighted by molar-refractivity contribution is -0.132. The molecule has 1 unspecified atom stereocenters. The first-order chi connectivity index (χ1) is 13.2. The van der Waals surface area contributed by atoms with Gasteiger partial charge in [-0.05, 0) is 35.7 Å². The fraction of sp³-hybridized carbons (Fsp3) is 0.455.